The summed E-state index contributed by atoms with van der Waals surface area (Å²) < 4.78 is 6.06. The summed E-state index contributed by atoms with van der Waals surface area (Å²) in [4.78, 5) is 0. The topological polar surface area (TPSA) is 41.5 Å². The van der Waals surface area contributed by atoms with Crippen molar-refractivity contribution in [3.8, 4) is 0 Å². The predicted molar refractivity (Wildman–Crippen MR) is 87.1 cm³/mol. The Labute approximate surface area is 126 Å². The molecule has 3 nitrogen and oxygen atoms in total. The van der Waals surface area contributed by atoms with Crippen LogP contribution in [-0.2, 0) is 4.74 Å². The Morgan fingerprint density at radius 3 is 2.15 bits per heavy atom. The van der Waals surface area contributed by atoms with Crippen LogP contribution in [0.15, 0.2) is 0 Å². The number of rotatable bonds is 11. The summed E-state index contributed by atoms with van der Waals surface area (Å²) in [5.41, 5.74) is -0.0607. The van der Waals surface area contributed by atoms with E-state index in [1.165, 1.54) is 0 Å². The Bertz CT molecular complexity index is 249. The van der Waals surface area contributed by atoms with E-state index in [2.05, 4.69) is 53.8 Å². The summed E-state index contributed by atoms with van der Waals surface area (Å²) in [6.07, 6.45) is 3.00. The molecule has 0 fully saturated rings. The van der Waals surface area contributed by atoms with E-state index >= 15 is 0 Å². The van der Waals surface area contributed by atoms with Crippen molar-refractivity contribution in [1.29, 1.82) is 0 Å². The molecule has 0 aromatic heterocycles. The molecule has 0 radical (unpaired) electrons. The van der Waals surface area contributed by atoms with E-state index < -0.39 is 0 Å². The number of nitrogens with one attached hydrogen (secondary N) is 1. The minimum absolute atomic E-state index is 0.0110. The van der Waals surface area contributed by atoms with Crippen LogP contribution in [0.1, 0.15) is 67.7 Å². The average Bonchev–Trinajstić information content (AvgIpc) is 2.27. The SMILES string of the molecule is CC(C)CCOC(C)(C)C(C)CCNC(C)(C)CCO. The van der Waals surface area contributed by atoms with Crippen LogP contribution in [0, 0.1) is 11.8 Å². The molecule has 0 rings (SSSR count). The van der Waals surface area contributed by atoms with Gasteiger partial charge in [-0.15, -0.1) is 0 Å². The van der Waals surface area contributed by atoms with E-state index in [0.29, 0.717) is 11.8 Å². The summed E-state index contributed by atoms with van der Waals surface area (Å²) in [6, 6.07) is 0. The van der Waals surface area contributed by atoms with Crippen LogP contribution < -0.4 is 5.32 Å². The Morgan fingerprint density at radius 1 is 1.05 bits per heavy atom. The second-order valence-corrected chi connectivity index (χ2v) is 7.61. The summed E-state index contributed by atoms with van der Waals surface area (Å²) in [5.74, 6) is 1.20. The molecule has 0 aromatic rings. The van der Waals surface area contributed by atoms with Gasteiger partial charge in [-0.25, -0.2) is 0 Å². The van der Waals surface area contributed by atoms with E-state index in [9.17, 15) is 0 Å². The molecule has 20 heavy (non-hydrogen) atoms. The lowest BCUT2D eigenvalue weighted by Gasteiger charge is -2.34. The highest BCUT2D eigenvalue weighted by Gasteiger charge is 2.27. The Kier molecular flexibility index (Phi) is 8.96. The third kappa shape index (κ3) is 8.93. The van der Waals surface area contributed by atoms with E-state index in [0.717, 1.165) is 32.4 Å². The molecule has 0 heterocycles. The largest absolute Gasteiger partial charge is 0.396 e. The van der Waals surface area contributed by atoms with Crippen LogP contribution in [0.25, 0.3) is 0 Å². The van der Waals surface area contributed by atoms with Gasteiger partial charge in [0.15, 0.2) is 0 Å². The lowest BCUT2D eigenvalue weighted by atomic mass is 9.89. The molecule has 1 atom stereocenters. The minimum atomic E-state index is -0.0717. The van der Waals surface area contributed by atoms with E-state index in [1.54, 1.807) is 0 Å². The molecular weight excluding hydrogens is 250 g/mol. The van der Waals surface area contributed by atoms with Gasteiger partial charge in [0, 0.05) is 18.8 Å². The monoisotopic (exact) mass is 287 g/mol. The van der Waals surface area contributed by atoms with Gasteiger partial charge in [-0.1, -0.05) is 20.8 Å². The molecule has 0 bridgehead atoms. The highest BCUT2D eigenvalue weighted by molar-refractivity contribution is 4.80. The van der Waals surface area contributed by atoms with Crippen molar-refractivity contribution in [2.24, 2.45) is 11.8 Å². The van der Waals surface area contributed by atoms with Crippen molar-refractivity contribution in [3.05, 3.63) is 0 Å². The molecule has 0 aliphatic heterocycles. The van der Waals surface area contributed by atoms with Crippen molar-refractivity contribution in [2.75, 3.05) is 19.8 Å². The van der Waals surface area contributed by atoms with Crippen molar-refractivity contribution < 1.29 is 9.84 Å². The second kappa shape index (κ2) is 9.01. The van der Waals surface area contributed by atoms with Gasteiger partial charge < -0.3 is 15.2 Å². The first-order valence-electron chi connectivity index (χ1n) is 8.10. The van der Waals surface area contributed by atoms with Crippen LogP contribution in [0.4, 0.5) is 0 Å². The lowest BCUT2D eigenvalue weighted by molar-refractivity contribution is -0.0609. The van der Waals surface area contributed by atoms with Gasteiger partial charge >= 0.3 is 0 Å². The van der Waals surface area contributed by atoms with Gasteiger partial charge in [0.1, 0.15) is 0 Å². The second-order valence-electron chi connectivity index (χ2n) is 7.61. The summed E-state index contributed by atoms with van der Waals surface area (Å²) in [7, 11) is 0. The van der Waals surface area contributed by atoms with Crippen molar-refractivity contribution in [1.82, 2.24) is 5.32 Å². The predicted octanol–water partition coefficient (Wildman–Crippen LogP) is 3.60. The molecule has 1 unspecified atom stereocenters. The standard InChI is InChI=1S/C17H37NO2/c1-14(2)9-13-20-17(6,7)15(3)8-11-18-16(4,5)10-12-19/h14-15,18-19H,8-13H2,1-7H3. The zero-order valence-electron chi connectivity index (χ0n) is 14.8. The van der Waals surface area contributed by atoms with Gasteiger partial charge in [-0.2, -0.15) is 0 Å². The third-order valence-corrected chi connectivity index (χ3v) is 4.27. The average molecular weight is 287 g/mol. The molecule has 2 N–H and O–H groups in total. The first-order valence-corrected chi connectivity index (χ1v) is 8.10. The minimum Gasteiger partial charge on any atom is -0.396 e. The Balaban J connectivity index is 4.02. The quantitative estimate of drug-likeness (QED) is 0.610. The van der Waals surface area contributed by atoms with Gasteiger partial charge in [0.25, 0.3) is 0 Å². The van der Waals surface area contributed by atoms with Crippen LogP contribution >= 0.6 is 0 Å². The van der Waals surface area contributed by atoms with Gasteiger partial charge in [0.2, 0.25) is 0 Å². The van der Waals surface area contributed by atoms with E-state index in [4.69, 9.17) is 9.84 Å². The molecule has 0 aliphatic rings. The fourth-order valence-corrected chi connectivity index (χ4v) is 2.04. The Hall–Kier alpha value is -0.120. The molecule has 0 saturated carbocycles. The zero-order chi connectivity index (χ0) is 15.8. The molecular formula is C17H37NO2. The number of hydrogen-bond donors (Lipinski definition) is 2. The lowest BCUT2D eigenvalue weighted by Crippen LogP contribution is -2.42. The zero-order valence-corrected chi connectivity index (χ0v) is 14.8. The molecule has 122 valence electrons. The molecule has 0 amide bonds. The summed E-state index contributed by atoms with van der Waals surface area (Å²) in [6.45, 7) is 17.4. The smallest absolute Gasteiger partial charge is 0.0652 e. The number of aliphatic hydroxyl groups excluding tert-OH is 1. The normalized spacial score (nSPS) is 14.8. The number of aliphatic hydroxyl groups is 1. The Morgan fingerprint density at radius 2 is 1.65 bits per heavy atom. The maximum absolute atomic E-state index is 9.02. The van der Waals surface area contributed by atoms with Crippen LogP contribution in [0.3, 0.4) is 0 Å². The molecule has 0 aromatic carbocycles. The summed E-state index contributed by atoms with van der Waals surface area (Å²) >= 11 is 0. The fraction of sp³-hybridized carbons (Fsp3) is 1.00. The van der Waals surface area contributed by atoms with Gasteiger partial charge in [-0.05, 0) is 65.3 Å². The van der Waals surface area contributed by atoms with Crippen molar-refractivity contribution in [3.63, 3.8) is 0 Å². The molecule has 0 saturated heterocycles. The third-order valence-electron chi connectivity index (χ3n) is 4.27. The van der Waals surface area contributed by atoms with Crippen molar-refractivity contribution in [2.45, 2.75) is 78.9 Å². The van der Waals surface area contributed by atoms with Crippen molar-refractivity contribution >= 4 is 0 Å². The summed E-state index contributed by atoms with van der Waals surface area (Å²) in [5, 5.41) is 12.5. The maximum atomic E-state index is 9.02. The highest BCUT2D eigenvalue weighted by atomic mass is 16.5. The van der Waals surface area contributed by atoms with E-state index in [1.807, 2.05) is 0 Å². The fourth-order valence-electron chi connectivity index (χ4n) is 2.04. The molecule has 0 aliphatic carbocycles. The number of ether oxygens (including phenoxy) is 1. The number of hydrogen-bond acceptors (Lipinski definition) is 3. The van der Waals surface area contributed by atoms with Crippen LogP contribution in [-0.4, -0.2) is 36.0 Å². The molecule has 3 heteroatoms. The van der Waals surface area contributed by atoms with Gasteiger partial charge in [0.05, 0.1) is 5.60 Å². The van der Waals surface area contributed by atoms with Crippen LogP contribution in [0.2, 0.25) is 0 Å². The maximum Gasteiger partial charge on any atom is 0.0652 e. The van der Waals surface area contributed by atoms with Gasteiger partial charge in [-0.3, -0.25) is 0 Å². The first-order chi connectivity index (χ1) is 9.10. The van der Waals surface area contributed by atoms with E-state index in [-0.39, 0.29) is 17.7 Å². The first kappa shape index (κ1) is 19.9. The molecule has 0 spiro atoms. The highest BCUT2D eigenvalue weighted by Crippen LogP contribution is 2.24. The van der Waals surface area contributed by atoms with Crippen LogP contribution in [0.5, 0.6) is 0 Å².